The highest BCUT2D eigenvalue weighted by Gasteiger charge is 2.13. The second-order valence-corrected chi connectivity index (χ2v) is 5.58. The minimum absolute atomic E-state index is 0.115. The first-order valence-electron chi connectivity index (χ1n) is 7.64. The van der Waals surface area contributed by atoms with Crippen molar-refractivity contribution in [3.63, 3.8) is 0 Å². The molecular weight excluding hydrogens is 288 g/mol. The molecule has 1 aromatic rings. The van der Waals surface area contributed by atoms with Crippen LogP contribution < -0.4 is 5.32 Å². The maximum absolute atomic E-state index is 9.07. The van der Waals surface area contributed by atoms with Crippen LogP contribution in [-0.4, -0.2) is 54.5 Å². The highest BCUT2D eigenvalue weighted by molar-refractivity contribution is 6.30. The summed E-state index contributed by atoms with van der Waals surface area (Å²) in [4.78, 5) is 2.07. The molecule has 120 valence electrons. The monoisotopic (exact) mass is 314 g/mol. The first kappa shape index (κ1) is 18.4. The largest absolute Gasteiger partial charge is 0.395 e. The molecule has 0 aliphatic carbocycles. The average Bonchev–Trinajstić information content (AvgIpc) is 2.47. The number of hydrogen-bond donors (Lipinski definition) is 3. The van der Waals surface area contributed by atoms with E-state index < -0.39 is 0 Å². The number of rotatable bonds is 11. The molecule has 21 heavy (non-hydrogen) atoms. The quantitative estimate of drug-likeness (QED) is 0.585. The number of benzene rings is 1. The van der Waals surface area contributed by atoms with Gasteiger partial charge >= 0.3 is 0 Å². The Morgan fingerprint density at radius 3 is 2.48 bits per heavy atom. The van der Waals surface area contributed by atoms with Crippen LogP contribution in [0.15, 0.2) is 24.3 Å². The number of hydrogen-bond acceptors (Lipinski definition) is 4. The van der Waals surface area contributed by atoms with Crippen molar-refractivity contribution in [1.82, 2.24) is 10.2 Å². The first-order chi connectivity index (χ1) is 10.2. The molecule has 0 fully saturated rings. The Morgan fingerprint density at radius 1 is 1.19 bits per heavy atom. The SMILES string of the molecule is CCCNC(CCN(CCO)CCO)c1cccc(Cl)c1. The number of nitrogens with one attached hydrogen (secondary N) is 1. The summed E-state index contributed by atoms with van der Waals surface area (Å²) in [5, 5.41) is 22.4. The minimum Gasteiger partial charge on any atom is -0.395 e. The van der Waals surface area contributed by atoms with Gasteiger partial charge in [-0.1, -0.05) is 30.7 Å². The molecule has 1 unspecified atom stereocenters. The topological polar surface area (TPSA) is 55.7 Å². The molecule has 5 heteroatoms. The molecule has 1 rings (SSSR count). The van der Waals surface area contributed by atoms with Crippen LogP contribution in [0.1, 0.15) is 31.4 Å². The van der Waals surface area contributed by atoms with Gasteiger partial charge in [-0.15, -0.1) is 0 Å². The van der Waals surface area contributed by atoms with Gasteiger partial charge in [0.05, 0.1) is 13.2 Å². The van der Waals surface area contributed by atoms with E-state index in [0.717, 1.165) is 31.0 Å². The van der Waals surface area contributed by atoms with E-state index in [1.807, 2.05) is 18.2 Å². The molecule has 0 amide bonds. The van der Waals surface area contributed by atoms with Crippen LogP contribution in [0.2, 0.25) is 5.02 Å². The lowest BCUT2D eigenvalue weighted by Gasteiger charge is -2.25. The molecule has 0 spiro atoms. The van der Waals surface area contributed by atoms with E-state index in [2.05, 4.69) is 23.2 Å². The zero-order valence-electron chi connectivity index (χ0n) is 12.8. The van der Waals surface area contributed by atoms with Crippen molar-refractivity contribution in [2.75, 3.05) is 39.4 Å². The minimum atomic E-state index is 0.115. The lowest BCUT2D eigenvalue weighted by atomic mass is 10.0. The number of halogens is 1. The molecule has 1 atom stereocenters. The molecule has 3 N–H and O–H groups in total. The molecule has 0 aliphatic heterocycles. The Labute approximate surface area is 132 Å². The second-order valence-electron chi connectivity index (χ2n) is 5.14. The summed E-state index contributed by atoms with van der Waals surface area (Å²) in [6.07, 6.45) is 1.99. The smallest absolute Gasteiger partial charge is 0.0558 e. The average molecular weight is 315 g/mol. The van der Waals surface area contributed by atoms with E-state index >= 15 is 0 Å². The van der Waals surface area contributed by atoms with Gasteiger partial charge in [0.1, 0.15) is 0 Å². The van der Waals surface area contributed by atoms with Gasteiger partial charge in [-0.3, -0.25) is 4.90 Å². The molecule has 0 saturated heterocycles. The van der Waals surface area contributed by atoms with Crippen molar-refractivity contribution in [1.29, 1.82) is 0 Å². The Bertz CT molecular complexity index is 384. The van der Waals surface area contributed by atoms with E-state index in [9.17, 15) is 0 Å². The summed E-state index contributed by atoms with van der Waals surface area (Å²) in [5.74, 6) is 0. The third-order valence-electron chi connectivity index (χ3n) is 3.46. The highest BCUT2D eigenvalue weighted by atomic mass is 35.5. The van der Waals surface area contributed by atoms with Crippen LogP contribution in [0.4, 0.5) is 0 Å². The number of aliphatic hydroxyl groups is 2. The Hall–Kier alpha value is -0.650. The van der Waals surface area contributed by atoms with Crippen molar-refractivity contribution >= 4 is 11.6 Å². The van der Waals surface area contributed by atoms with Gasteiger partial charge in [0.25, 0.3) is 0 Å². The zero-order valence-corrected chi connectivity index (χ0v) is 13.5. The maximum Gasteiger partial charge on any atom is 0.0558 e. The van der Waals surface area contributed by atoms with Gasteiger partial charge in [-0.2, -0.15) is 0 Å². The van der Waals surface area contributed by atoms with Gasteiger partial charge in [-0.25, -0.2) is 0 Å². The predicted octanol–water partition coefficient (Wildman–Crippen LogP) is 2.06. The van der Waals surface area contributed by atoms with Gasteiger partial charge in [0.2, 0.25) is 0 Å². The molecule has 0 heterocycles. The van der Waals surface area contributed by atoms with Crippen molar-refractivity contribution in [3.05, 3.63) is 34.9 Å². The molecule has 4 nitrogen and oxygen atoms in total. The van der Waals surface area contributed by atoms with Crippen LogP contribution >= 0.6 is 11.6 Å². The number of aliphatic hydroxyl groups excluding tert-OH is 2. The van der Waals surface area contributed by atoms with Gasteiger partial charge in [-0.05, 0) is 37.1 Å². The van der Waals surface area contributed by atoms with Crippen LogP contribution in [0.5, 0.6) is 0 Å². The van der Waals surface area contributed by atoms with E-state index in [1.54, 1.807) is 0 Å². The van der Waals surface area contributed by atoms with Crippen molar-refractivity contribution in [2.45, 2.75) is 25.8 Å². The van der Waals surface area contributed by atoms with Crippen molar-refractivity contribution in [3.8, 4) is 0 Å². The molecule has 0 saturated carbocycles. The third-order valence-corrected chi connectivity index (χ3v) is 3.69. The second kappa shape index (κ2) is 11.0. The summed E-state index contributed by atoms with van der Waals surface area (Å²) in [6, 6.07) is 8.17. The molecule has 0 radical (unpaired) electrons. The van der Waals surface area contributed by atoms with E-state index in [0.29, 0.717) is 13.1 Å². The summed E-state index contributed by atoms with van der Waals surface area (Å²) in [7, 11) is 0. The Morgan fingerprint density at radius 2 is 1.90 bits per heavy atom. The number of nitrogens with zero attached hydrogens (tertiary/aromatic N) is 1. The molecule has 0 aromatic heterocycles. The predicted molar refractivity (Wildman–Crippen MR) is 87.7 cm³/mol. The van der Waals surface area contributed by atoms with Crippen LogP contribution in [-0.2, 0) is 0 Å². The third kappa shape index (κ3) is 7.25. The van der Waals surface area contributed by atoms with E-state index in [-0.39, 0.29) is 19.3 Å². The molecule has 0 bridgehead atoms. The fraction of sp³-hybridized carbons (Fsp3) is 0.625. The van der Waals surface area contributed by atoms with Crippen LogP contribution in [0.25, 0.3) is 0 Å². The highest BCUT2D eigenvalue weighted by Crippen LogP contribution is 2.21. The Kier molecular flexibility index (Phi) is 9.63. The Balaban J connectivity index is 2.64. The maximum atomic E-state index is 9.07. The fourth-order valence-corrected chi connectivity index (χ4v) is 2.56. The standard InChI is InChI=1S/C16H27ClN2O2/c1-2-7-18-16(14-4-3-5-15(17)13-14)6-8-19(9-11-20)10-12-21/h3-5,13,16,18,20-21H,2,6-12H2,1H3. The van der Waals surface area contributed by atoms with E-state index in [1.165, 1.54) is 5.56 Å². The summed E-state index contributed by atoms with van der Waals surface area (Å²) in [5.41, 5.74) is 1.18. The first-order valence-corrected chi connectivity index (χ1v) is 8.02. The lowest BCUT2D eigenvalue weighted by Crippen LogP contribution is -2.33. The fourth-order valence-electron chi connectivity index (χ4n) is 2.36. The normalized spacial score (nSPS) is 12.8. The van der Waals surface area contributed by atoms with Gasteiger partial charge in [0, 0.05) is 30.7 Å². The molecular formula is C16H27ClN2O2. The van der Waals surface area contributed by atoms with Gasteiger partial charge < -0.3 is 15.5 Å². The zero-order chi connectivity index (χ0) is 15.5. The molecule has 0 aliphatic rings. The summed E-state index contributed by atoms with van der Waals surface area (Å²) in [6.45, 7) is 5.35. The summed E-state index contributed by atoms with van der Waals surface area (Å²) >= 11 is 6.08. The van der Waals surface area contributed by atoms with Crippen molar-refractivity contribution < 1.29 is 10.2 Å². The van der Waals surface area contributed by atoms with Crippen LogP contribution in [0, 0.1) is 0 Å². The van der Waals surface area contributed by atoms with Gasteiger partial charge in [0.15, 0.2) is 0 Å². The van der Waals surface area contributed by atoms with E-state index in [4.69, 9.17) is 21.8 Å². The molecule has 1 aromatic carbocycles. The summed E-state index contributed by atoms with van der Waals surface area (Å²) < 4.78 is 0. The van der Waals surface area contributed by atoms with Crippen molar-refractivity contribution in [2.24, 2.45) is 0 Å². The van der Waals surface area contributed by atoms with Crippen LogP contribution in [0.3, 0.4) is 0 Å². The lowest BCUT2D eigenvalue weighted by molar-refractivity contribution is 0.156.